The van der Waals surface area contributed by atoms with Crippen molar-refractivity contribution in [3.05, 3.63) is 59.3 Å². The van der Waals surface area contributed by atoms with Crippen LogP contribution in [0.5, 0.6) is 0 Å². The molecule has 27 heavy (non-hydrogen) atoms. The summed E-state index contributed by atoms with van der Waals surface area (Å²) in [5.74, 6) is -1.23. The van der Waals surface area contributed by atoms with Crippen molar-refractivity contribution in [3.63, 3.8) is 0 Å². The number of halogens is 6. The molecule has 0 aliphatic rings. The van der Waals surface area contributed by atoms with E-state index in [1.54, 1.807) is 0 Å². The molecule has 1 amide bonds. The van der Waals surface area contributed by atoms with Gasteiger partial charge in [0.15, 0.2) is 5.03 Å². The lowest BCUT2D eigenvalue weighted by Gasteiger charge is -2.12. The first-order chi connectivity index (χ1) is 12.3. The molecule has 0 aliphatic heterocycles. The topological polar surface area (TPSA) is 76.1 Å². The van der Waals surface area contributed by atoms with Crippen LogP contribution in [-0.4, -0.2) is 24.8 Å². The van der Waals surface area contributed by atoms with Crippen LogP contribution < -0.4 is 5.32 Å². The van der Waals surface area contributed by atoms with Gasteiger partial charge in [0.05, 0.1) is 11.1 Å². The molecule has 12 heteroatoms. The maximum atomic E-state index is 12.7. The van der Waals surface area contributed by atoms with Gasteiger partial charge >= 0.3 is 11.7 Å². The molecule has 1 heterocycles. The van der Waals surface area contributed by atoms with Crippen LogP contribution in [0.15, 0.2) is 47.6 Å². The Balaban J connectivity index is 2.26. The third kappa shape index (κ3) is 4.56. The van der Waals surface area contributed by atoms with Crippen LogP contribution in [0, 0.1) is 0 Å². The van der Waals surface area contributed by atoms with Gasteiger partial charge in [0.2, 0.25) is 0 Å². The lowest BCUT2D eigenvalue weighted by molar-refractivity contribution is -0.137. The highest BCUT2D eigenvalue weighted by Crippen LogP contribution is 2.31. The zero-order chi connectivity index (χ0) is 20.5. The molecule has 0 atom stereocenters. The lowest BCUT2D eigenvalue weighted by Crippen LogP contribution is -2.30. The zero-order valence-corrected chi connectivity index (χ0v) is 13.9. The fraction of sp³-hybridized carbons (Fsp3) is 0.200. The first-order valence-electron chi connectivity index (χ1n) is 7.05. The average Bonchev–Trinajstić information content (AvgIpc) is 2.58. The highest BCUT2D eigenvalue weighted by Gasteiger charge is 2.49. The van der Waals surface area contributed by atoms with Crippen LogP contribution >= 0.6 is 0 Å². The number of alkyl halides is 6. The van der Waals surface area contributed by atoms with Gasteiger partial charge in [-0.25, -0.2) is 13.4 Å². The van der Waals surface area contributed by atoms with E-state index in [1.165, 1.54) is 6.07 Å². The van der Waals surface area contributed by atoms with Crippen molar-refractivity contribution in [1.82, 2.24) is 10.3 Å². The number of sulfone groups is 1. The first kappa shape index (κ1) is 20.7. The summed E-state index contributed by atoms with van der Waals surface area (Å²) >= 11 is 0. The Morgan fingerprint density at radius 3 is 2.30 bits per heavy atom. The van der Waals surface area contributed by atoms with Gasteiger partial charge in [-0.1, -0.05) is 12.1 Å². The minimum Gasteiger partial charge on any atom is -0.348 e. The number of nitrogens with one attached hydrogen (secondary N) is 1. The SMILES string of the molecule is O=C(NCc1cccc(C(F)(F)F)c1)c1cccnc1S(=O)(=O)C(F)(F)F. The molecule has 0 fully saturated rings. The van der Waals surface area contributed by atoms with Crippen LogP contribution in [0.3, 0.4) is 0 Å². The average molecular weight is 412 g/mol. The zero-order valence-electron chi connectivity index (χ0n) is 13.1. The van der Waals surface area contributed by atoms with Crippen molar-refractivity contribution < 1.29 is 39.6 Å². The summed E-state index contributed by atoms with van der Waals surface area (Å²) in [7, 11) is -5.88. The van der Waals surface area contributed by atoms with Crippen LogP contribution in [0.4, 0.5) is 26.3 Å². The molecule has 0 radical (unpaired) electrons. The standard InChI is InChI=1S/C15H10F6N2O3S/c16-14(17,18)10-4-1-3-9(7-10)8-23-12(24)11-5-2-6-22-13(11)27(25,26)15(19,20)21/h1-7H,8H2,(H,23,24). The van der Waals surface area contributed by atoms with Gasteiger partial charge in [-0.2, -0.15) is 26.3 Å². The van der Waals surface area contributed by atoms with Gasteiger partial charge in [0.1, 0.15) is 0 Å². The van der Waals surface area contributed by atoms with Crippen molar-refractivity contribution in [2.24, 2.45) is 0 Å². The molecule has 1 N–H and O–H groups in total. The number of hydrogen-bond donors (Lipinski definition) is 1. The van der Waals surface area contributed by atoms with Crippen LogP contribution in [0.2, 0.25) is 0 Å². The molecule has 0 bridgehead atoms. The fourth-order valence-electron chi connectivity index (χ4n) is 2.02. The molecule has 5 nitrogen and oxygen atoms in total. The normalized spacial score (nSPS) is 12.7. The summed E-state index contributed by atoms with van der Waals surface area (Å²) in [5.41, 5.74) is -7.50. The number of aromatic nitrogens is 1. The number of pyridine rings is 1. The van der Waals surface area contributed by atoms with Gasteiger partial charge < -0.3 is 5.32 Å². The maximum Gasteiger partial charge on any atom is 0.503 e. The van der Waals surface area contributed by atoms with E-state index in [4.69, 9.17) is 0 Å². The van der Waals surface area contributed by atoms with Crippen LogP contribution in [-0.2, 0) is 22.6 Å². The van der Waals surface area contributed by atoms with Gasteiger partial charge in [-0.3, -0.25) is 4.79 Å². The van der Waals surface area contributed by atoms with Crippen LogP contribution in [0.1, 0.15) is 21.5 Å². The number of carbonyl (C=O) groups is 1. The van der Waals surface area contributed by atoms with Crippen molar-refractivity contribution in [3.8, 4) is 0 Å². The summed E-state index contributed by atoms with van der Waals surface area (Å²) < 4.78 is 99.1. The summed E-state index contributed by atoms with van der Waals surface area (Å²) in [5, 5.41) is 0.593. The number of carbonyl (C=O) groups excluding carboxylic acids is 1. The summed E-state index contributed by atoms with van der Waals surface area (Å²) in [6, 6.07) is 5.76. The van der Waals surface area contributed by atoms with Crippen molar-refractivity contribution >= 4 is 15.7 Å². The summed E-state index contributed by atoms with van der Waals surface area (Å²) in [6.45, 7) is -0.469. The molecule has 0 saturated carbocycles. The lowest BCUT2D eigenvalue weighted by atomic mass is 10.1. The Kier molecular flexibility index (Phi) is 5.50. The Morgan fingerprint density at radius 2 is 1.70 bits per heavy atom. The quantitative estimate of drug-likeness (QED) is 0.782. The van der Waals surface area contributed by atoms with Crippen LogP contribution in [0.25, 0.3) is 0 Å². The molecule has 0 aliphatic carbocycles. The van der Waals surface area contributed by atoms with Gasteiger partial charge in [-0.05, 0) is 29.8 Å². The minimum absolute atomic E-state index is 0.0160. The molecule has 1 aromatic heterocycles. The number of nitrogens with zero attached hydrogens (tertiary/aromatic N) is 1. The number of benzene rings is 1. The number of amides is 1. The molecule has 0 spiro atoms. The van der Waals surface area contributed by atoms with Gasteiger partial charge in [0.25, 0.3) is 15.7 Å². The molecule has 2 aromatic rings. The molecular formula is C15H10F6N2O3S. The van der Waals surface area contributed by atoms with E-state index in [1.807, 2.05) is 0 Å². The van der Waals surface area contributed by atoms with E-state index in [0.717, 1.165) is 36.5 Å². The number of rotatable bonds is 4. The van der Waals surface area contributed by atoms with E-state index >= 15 is 0 Å². The third-order valence-electron chi connectivity index (χ3n) is 3.28. The summed E-state index contributed by atoms with van der Waals surface area (Å²) in [6.07, 6.45) is -3.85. The minimum atomic E-state index is -5.88. The molecule has 146 valence electrons. The molecule has 0 saturated heterocycles. The Bertz CT molecular complexity index is 955. The first-order valence-corrected chi connectivity index (χ1v) is 8.53. The van der Waals surface area contributed by atoms with Crippen molar-refractivity contribution in [2.45, 2.75) is 23.3 Å². The second-order valence-electron chi connectivity index (χ2n) is 5.19. The third-order valence-corrected chi connectivity index (χ3v) is 4.73. The van der Waals surface area contributed by atoms with E-state index in [2.05, 4.69) is 10.3 Å². The van der Waals surface area contributed by atoms with Gasteiger partial charge in [-0.15, -0.1) is 0 Å². The smallest absolute Gasteiger partial charge is 0.348 e. The second-order valence-corrected chi connectivity index (χ2v) is 7.04. The molecule has 0 unspecified atom stereocenters. The Hall–Kier alpha value is -2.63. The molecule has 1 aromatic carbocycles. The summed E-state index contributed by atoms with van der Waals surface area (Å²) in [4.78, 5) is 15.2. The Labute approximate surface area is 148 Å². The van der Waals surface area contributed by atoms with E-state index in [-0.39, 0.29) is 5.56 Å². The van der Waals surface area contributed by atoms with E-state index in [9.17, 15) is 39.6 Å². The highest BCUT2D eigenvalue weighted by molar-refractivity contribution is 7.92. The largest absolute Gasteiger partial charge is 0.503 e. The monoisotopic (exact) mass is 412 g/mol. The van der Waals surface area contributed by atoms with Gasteiger partial charge in [0, 0.05) is 12.7 Å². The predicted molar refractivity (Wildman–Crippen MR) is 80.1 cm³/mol. The van der Waals surface area contributed by atoms with E-state index in [0.29, 0.717) is 0 Å². The number of hydrogen-bond acceptors (Lipinski definition) is 4. The molecular weight excluding hydrogens is 402 g/mol. The Morgan fingerprint density at radius 1 is 1.04 bits per heavy atom. The van der Waals surface area contributed by atoms with Crippen molar-refractivity contribution in [1.29, 1.82) is 0 Å². The van der Waals surface area contributed by atoms with E-state index < -0.39 is 50.1 Å². The second kappa shape index (κ2) is 7.18. The highest BCUT2D eigenvalue weighted by atomic mass is 32.2. The maximum absolute atomic E-state index is 12.7. The molecule has 2 rings (SSSR count). The predicted octanol–water partition coefficient (Wildman–Crippen LogP) is 3.32. The fourth-order valence-corrected chi connectivity index (χ4v) is 2.89. The van der Waals surface area contributed by atoms with Crippen molar-refractivity contribution in [2.75, 3.05) is 0 Å².